The largest absolute Gasteiger partial charge is 0.465 e. The molecule has 0 aliphatic carbocycles. The van der Waals surface area contributed by atoms with E-state index in [1.165, 1.54) is 24.1 Å². The van der Waals surface area contributed by atoms with Crippen LogP contribution in [0, 0.1) is 0 Å². The van der Waals surface area contributed by atoms with Crippen molar-refractivity contribution in [1.82, 2.24) is 14.5 Å². The van der Waals surface area contributed by atoms with E-state index in [1.54, 1.807) is 32.9 Å². The van der Waals surface area contributed by atoms with Crippen LogP contribution in [-0.2, 0) is 19.3 Å². The topological polar surface area (TPSA) is 117 Å². The lowest BCUT2D eigenvalue weighted by atomic mass is 10.1. The van der Waals surface area contributed by atoms with Crippen LogP contribution in [0.4, 0.5) is 4.79 Å². The predicted octanol–water partition coefficient (Wildman–Crippen LogP) is 3.13. The summed E-state index contributed by atoms with van der Waals surface area (Å²) in [5.74, 6) is -0.638. The minimum Gasteiger partial charge on any atom is -0.465 e. The number of hydrogen-bond acceptors (Lipinski definition) is 9. The predicted molar refractivity (Wildman–Crippen MR) is 107 cm³/mol. The van der Waals surface area contributed by atoms with Gasteiger partial charge in [0.1, 0.15) is 10.5 Å². The molecule has 0 atom stereocenters. The third-order valence-corrected chi connectivity index (χ3v) is 5.66. The van der Waals surface area contributed by atoms with Gasteiger partial charge >= 0.3 is 12.1 Å². The summed E-state index contributed by atoms with van der Waals surface area (Å²) < 4.78 is 35.8. The minimum atomic E-state index is -3.68. The molecule has 3 heterocycles. The van der Waals surface area contributed by atoms with Crippen molar-refractivity contribution in [2.24, 2.45) is 0 Å². The second-order valence-corrected chi connectivity index (χ2v) is 10.1. The molecule has 0 amide bonds. The molecule has 0 fully saturated rings. The number of hydrogen-bond donors (Lipinski definition) is 0. The van der Waals surface area contributed by atoms with Gasteiger partial charge in [0.25, 0.3) is 0 Å². The number of carbonyl (C=O) groups is 2. The molecular formula is C18H19N3O6S2. The monoisotopic (exact) mass is 437 g/mol. The molecule has 0 aliphatic heterocycles. The zero-order chi connectivity index (χ0) is 21.6. The average Bonchev–Trinajstić information content (AvgIpc) is 3.22. The number of fused-ring (bicyclic) bond motifs is 1. The molecule has 11 heteroatoms. The fraction of sp³-hybridized carbons (Fsp3) is 0.333. The summed E-state index contributed by atoms with van der Waals surface area (Å²) in [6.07, 6.45) is 3.17. The van der Waals surface area contributed by atoms with E-state index in [9.17, 15) is 18.0 Å². The third-order valence-electron chi connectivity index (χ3n) is 3.71. The fourth-order valence-corrected chi connectivity index (χ4v) is 4.13. The number of sulfone groups is 1. The molecule has 0 spiro atoms. The van der Waals surface area contributed by atoms with Crippen LogP contribution < -0.4 is 0 Å². The van der Waals surface area contributed by atoms with Crippen LogP contribution in [0.3, 0.4) is 0 Å². The van der Waals surface area contributed by atoms with Crippen molar-refractivity contribution in [1.29, 1.82) is 0 Å². The van der Waals surface area contributed by atoms with E-state index < -0.39 is 27.5 Å². The van der Waals surface area contributed by atoms with Gasteiger partial charge in [-0.1, -0.05) is 0 Å². The Morgan fingerprint density at radius 2 is 1.93 bits per heavy atom. The van der Waals surface area contributed by atoms with Gasteiger partial charge in [0.05, 0.1) is 28.6 Å². The number of aromatic nitrogens is 3. The molecular weight excluding hydrogens is 418 g/mol. The second kappa shape index (κ2) is 7.23. The Kier molecular flexibility index (Phi) is 5.22. The van der Waals surface area contributed by atoms with Gasteiger partial charge in [-0.3, -0.25) is 4.57 Å². The molecule has 0 saturated heterocycles. The van der Waals surface area contributed by atoms with Crippen molar-refractivity contribution in [3.05, 3.63) is 29.4 Å². The highest BCUT2D eigenvalue weighted by Gasteiger charge is 2.28. The van der Waals surface area contributed by atoms with Crippen molar-refractivity contribution in [3.63, 3.8) is 0 Å². The molecule has 3 aromatic rings. The number of esters is 1. The summed E-state index contributed by atoms with van der Waals surface area (Å²) in [5, 5.41) is -0.379. The molecule has 3 rings (SSSR count). The Labute approximate surface area is 171 Å². The fourth-order valence-electron chi connectivity index (χ4n) is 2.58. The molecule has 0 N–H and O–H groups in total. The van der Waals surface area contributed by atoms with Crippen molar-refractivity contribution in [3.8, 4) is 11.3 Å². The maximum atomic E-state index is 12.6. The Hall–Kier alpha value is -2.79. The number of carbonyl (C=O) groups excluding carboxylic acids is 2. The number of methoxy groups -OCH3 is 1. The van der Waals surface area contributed by atoms with Crippen LogP contribution in [0.25, 0.3) is 21.5 Å². The molecule has 0 bridgehead atoms. The first-order valence-electron chi connectivity index (χ1n) is 8.41. The third kappa shape index (κ3) is 4.15. The molecule has 9 nitrogen and oxygen atoms in total. The average molecular weight is 437 g/mol. The molecule has 3 aromatic heterocycles. The first-order chi connectivity index (χ1) is 13.4. The lowest BCUT2D eigenvalue weighted by molar-refractivity contribution is 0.0537. The highest BCUT2D eigenvalue weighted by atomic mass is 32.2. The van der Waals surface area contributed by atoms with Crippen LogP contribution in [0.2, 0.25) is 0 Å². The normalized spacial score (nSPS) is 12.2. The summed E-state index contributed by atoms with van der Waals surface area (Å²) in [6.45, 7) is 5.21. The van der Waals surface area contributed by atoms with Gasteiger partial charge in [-0.25, -0.2) is 28.0 Å². The highest BCUT2D eigenvalue weighted by molar-refractivity contribution is 7.90. The van der Waals surface area contributed by atoms with Gasteiger partial charge < -0.3 is 9.47 Å². The smallest absolute Gasteiger partial charge is 0.418 e. The molecule has 0 radical (unpaired) electrons. The van der Waals surface area contributed by atoms with Gasteiger partial charge in [0.2, 0.25) is 15.0 Å². The Bertz CT molecular complexity index is 1220. The summed E-state index contributed by atoms with van der Waals surface area (Å²) in [4.78, 5) is 33.2. The van der Waals surface area contributed by atoms with Crippen molar-refractivity contribution in [2.75, 3.05) is 13.4 Å². The summed E-state index contributed by atoms with van der Waals surface area (Å²) in [5.41, 5.74) is 0.102. The van der Waals surface area contributed by atoms with Crippen LogP contribution in [-0.4, -0.2) is 54.0 Å². The van der Waals surface area contributed by atoms with E-state index >= 15 is 0 Å². The molecule has 0 unspecified atom stereocenters. The zero-order valence-electron chi connectivity index (χ0n) is 16.4. The van der Waals surface area contributed by atoms with Crippen LogP contribution >= 0.6 is 11.3 Å². The standard InChI is InChI=1S/C18H19N3O6S2/c1-18(2,3)27-17(23)21-8-6-7-10(21)12-13-11(28-14(12)15(22)26-4)9-19-16(20-13)29(5,24)25/h6-9H,1-5H3. The highest BCUT2D eigenvalue weighted by Crippen LogP contribution is 2.38. The Morgan fingerprint density at radius 3 is 2.52 bits per heavy atom. The number of rotatable bonds is 3. The van der Waals surface area contributed by atoms with Gasteiger partial charge in [-0.05, 0) is 32.9 Å². The van der Waals surface area contributed by atoms with Gasteiger partial charge in [0, 0.05) is 18.6 Å². The molecule has 0 saturated carbocycles. The van der Waals surface area contributed by atoms with E-state index in [2.05, 4.69) is 9.97 Å². The van der Waals surface area contributed by atoms with E-state index in [-0.39, 0.29) is 21.1 Å². The second-order valence-electron chi connectivity index (χ2n) is 7.18. The molecule has 0 aromatic carbocycles. The summed E-state index contributed by atoms with van der Waals surface area (Å²) in [6, 6.07) is 3.22. The van der Waals surface area contributed by atoms with E-state index in [0.29, 0.717) is 10.4 Å². The number of nitrogens with zero attached hydrogens (tertiary/aromatic N) is 3. The number of ether oxygens (including phenoxy) is 2. The molecule has 29 heavy (non-hydrogen) atoms. The minimum absolute atomic E-state index is 0.172. The van der Waals surface area contributed by atoms with E-state index in [1.807, 2.05) is 0 Å². The first kappa shape index (κ1) is 20.9. The quantitative estimate of drug-likeness (QED) is 0.453. The Morgan fingerprint density at radius 1 is 1.24 bits per heavy atom. The Balaban J connectivity index is 2.30. The summed E-state index contributed by atoms with van der Waals surface area (Å²) in [7, 11) is -2.45. The van der Waals surface area contributed by atoms with E-state index in [4.69, 9.17) is 9.47 Å². The van der Waals surface area contributed by atoms with Crippen molar-refractivity contribution >= 4 is 43.5 Å². The first-order valence-corrected chi connectivity index (χ1v) is 11.1. The number of thiophene rings is 1. The lowest BCUT2D eigenvalue weighted by Crippen LogP contribution is -2.27. The van der Waals surface area contributed by atoms with Crippen molar-refractivity contribution in [2.45, 2.75) is 31.5 Å². The van der Waals surface area contributed by atoms with Crippen LogP contribution in [0.5, 0.6) is 0 Å². The maximum absolute atomic E-state index is 12.6. The van der Waals surface area contributed by atoms with Gasteiger partial charge in [-0.15, -0.1) is 11.3 Å². The summed E-state index contributed by atoms with van der Waals surface area (Å²) >= 11 is 1.05. The van der Waals surface area contributed by atoms with Crippen LogP contribution in [0.15, 0.2) is 29.7 Å². The van der Waals surface area contributed by atoms with Gasteiger partial charge in [-0.2, -0.15) is 0 Å². The van der Waals surface area contributed by atoms with Crippen LogP contribution in [0.1, 0.15) is 30.4 Å². The lowest BCUT2D eigenvalue weighted by Gasteiger charge is -2.20. The molecule has 154 valence electrons. The SMILES string of the molecule is COC(=O)c1sc2cnc(S(C)(=O)=O)nc2c1-c1cccn1C(=O)OC(C)(C)C. The zero-order valence-corrected chi connectivity index (χ0v) is 18.1. The van der Waals surface area contributed by atoms with E-state index in [0.717, 1.165) is 17.6 Å². The maximum Gasteiger partial charge on any atom is 0.418 e. The molecule has 0 aliphatic rings. The van der Waals surface area contributed by atoms with Gasteiger partial charge in [0.15, 0.2) is 0 Å². The van der Waals surface area contributed by atoms with Crippen molar-refractivity contribution < 1.29 is 27.5 Å².